The maximum absolute atomic E-state index is 12.6. The van der Waals surface area contributed by atoms with Gasteiger partial charge in [0.05, 0.1) is 13.5 Å². The van der Waals surface area contributed by atoms with Gasteiger partial charge in [0, 0.05) is 26.1 Å². The summed E-state index contributed by atoms with van der Waals surface area (Å²) in [6.07, 6.45) is 4.20. The Bertz CT molecular complexity index is 665. The molecule has 6 nitrogen and oxygen atoms in total. The summed E-state index contributed by atoms with van der Waals surface area (Å²) in [5.41, 5.74) is 1.01. The highest BCUT2D eigenvalue weighted by Crippen LogP contribution is 2.25. The van der Waals surface area contributed by atoms with Crippen LogP contribution in [0.1, 0.15) is 30.1 Å². The Kier molecular flexibility index (Phi) is 4.60. The van der Waals surface area contributed by atoms with Crippen LogP contribution in [0.5, 0.6) is 5.75 Å². The topological polar surface area (TPSA) is 60.2 Å². The Labute approximate surface area is 136 Å². The van der Waals surface area contributed by atoms with Gasteiger partial charge in [-0.3, -0.25) is 4.79 Å². The molecule has 0 bridgehead atoms. The van der Waals surface area contributed by atoms with Crippen LogP contribution in [0.3, 0.4) is 0 Å². The highest BCUT2D eigenvalue weighted by Gasteiger charge is 2.27. The fourth-order valence-electron chi connectivity index (χ4n) is 3.11. The van der Waals surface area contributed by atoms with Crippen molar-refractivity contribution in [1.82, 2.24) is 19.7 Å². The summed E-state index contributed by atoms with van der Waals surface area (Å²) < 4.78 is 7.09. The normalized spacial score (nSPS) is 18.0. The number of carbonyl (C=O) groups is 1. The van der Waals surface area contributed by atoms with Gasteiger partial charge in [-0.2, -0.15) is 0 Å². The molecule has 1 atom stereocenters. The van der Waals surface area contributed by atoms with E-state index in [4.69, 9.17) is 4.74 Å². The van der Waals surface area contributed by atoms with Crippen molar-refractivity contribution in [1.29, 1.82) is 0 Å². The molecule has 6 heteroatoms. The number of piperidine rings is 1. The van der Waals surface area contributed by atoms with Crippen molar-refractivity contribution in [3.05, 3.63) is 42.0 Å². The number of hydrogen-bond donors (Lipinski definition) is 0. The molecule has 0 unspecified atom stereocenters. The van der Waals surface area contributed by atoms with Gasteiger partial charge in [-0.1, -0.05) is 12.1 Å². The number of likely N-dealkylation sites (tertiary alicyclic amines) is 1. The van der Waals surface area contributed by atoms with Crippen LogP contribution in [0.4, 0.5) is 0 Å². The molecule has 1 aromatic carbocycles. The monoisotopic (exact) mass is 314 g/mol. The minimum atomic E-state index is 0.169. The van der Waals surface area contributed by atoms with Gasteiger partial charge in [0.2, 0.25) is 5.91 Å². The number of carbonyl (C=O) groups excluding carboxylic acids is 1. The Morgan fingerprint density at radius 2 is 2.13 bits per heavy atom. The first-order chi connectivity index (χ1) is 11.2. The summed E-state index contributed by atoms with van der Waals surface area (Å²) in [4.78, 5) is 14.5. The van der Waals surface area contributed by atoms with Crippen LogP contribution in [-0.4, -0.2) is 45.8 Å². The van der Waals surface area contributed by atoms with E-state index in [-0.39, 0.29) is 11.8 Å². The molecule has 2 heterocycles. The first-order valence-electron chi connectivity index (χ1n) is 7.92. The Hall–Kier alpha value is -2.37. The predicted octanol–water partition coefficient (Wildman–Crippen LogP) is 1.77. The molecule has 1 amide bonds. The number of aryl methyl sites for hydroxylation is 1. The molecule has 1 aliphatic rings. The van der Waals surface area contributed by atoms with Crippen LogP contribution in [0.15, 0.2) is 30.6 Å². The number of benzene rings is 1. The Morgan fingerprint density at radius 1 is 1.35 bits per heavy atom. The lowest BCUT2D eigenvalue weighted by atomic mass is 9.96. The molecule has 1 saturated heterocycles. The van der Waals surface area contributed by atoms with Crippen molar-refractivity contribution in [2.45, 2.75) is 25.2 Å². The van der Waals surface area contributed by atoms with Crippen molar-refractivity contribution in [3.8, 4) is 5.75 Å². The van der Waals surface area contributed by atoms with E-state index < -0.39 is 0 Å². The van der Waals surface area contributed by atoms with Crippen LogP contribution in [0, 0.1) is 0 Å². The Balaban J connectivity index is 1.63. The molecule has 0 spiro atoms. The maximum atomic E-state index is 12.6. The van der Waals surface area contributed by atoms with Gasteiger partial charge in [-0.25, -0.2) is 0 Å². The molecule has 0 N–H and O–H groups in total. The van der Waals surface area contributed by atoms with Gasteiger partial charge in [0.15, 0.2) is 0 Å². The average molecular weight is 314 g/mol. The predicted molar refractivity (Wildman–Crippen MR) is 86.3 cm³/mol. The first-order valence-corrected chi connectivity index (χ1v) is 7.92. The minimum absolute atomic E-state index is 0.169. The van der Waals surface area contributed by atoms with E-state index in [2.05, 4.69) is 10.2 Å². The largest absolute Gasteiger partial charge is 0.497 e. The summed E-state index contributed by atoms with van der Waals surface area (Å²) in [7, 11) is 3.59. The average Bonchev–Trinajstić information content (AvgIpc) is 3.02. The van der Waals surface area contributed by atoms with E-state index in [9.17, 15) is 4.79 Å². The lowest BCUT2D eigenvalue weighted by molar-refractivity contribution is -0.131. The summed E-state index contributed by atoms with van der Waals surface area (Å²) >= 11 is 0. The third-order valence-electron chi connectivity index (χ3n) is 4.40. The lowest BCUT2D eigenvalue weighted by Crippen LogP contribution is -2.40. The zero-order valence-corrected chi connectivity index (χ0v) is 13.6. The fraction of sp³-hybridized carbons (Fsp3) is 0.471. The second-order valence-corrected chi connectivity index (χ2v) is 6.00. The minimum Gasteiger partial charge on any atom is -0.497 e. The molecular formula is C17H22N4O2. The van der Waals surface area contributed by atoms with Crippen LogP contribution in [0.25, 0.3) is 0 Å². The third-order valence-corrected chi connectivity index (χ3v) is 4.40. The van der Waals surface area contributed by atoms with Crippen molar-refractivity contribution in [2.75, 3.05) is 20.2 Å². The summed E-state index contributed by atoms with van der Waals surface area (Å²) in [5, 5.41) is 8.15. The van der Waals surface area contributed by atoms with Gasteiger partial charge >= 0.3 is 0 Å². The number of aromatic nitrogens is 3. The quantitative estimate of drug-likeness (QED) is 0.863. The molecule has 1 fully saturated rings. The van der Waals surface area contributed by atoms with E-state index >= 15 is 0 Å². The summed E-state index contributed by atoms with van der Waals surface area (Å²) in [5.74, 6) is 2.21. The van der Waals surface area contributed by atoms with E-state index in [0.29, 0.717) is 6.42 Å². The molecule has 1 aromatic heterocycles. The zero-order chi connectivity index (χ0) is 16.2. The van der Waals surface area contributed by atoms with Gasteiger partial charge in [0.25, 0.3) is 0 Å². The first kappa shape index (κ1) is 15.5. The Morgan fingerprint density at radius 3 is 2.78 bits per heavy atom. The second kappa shape index (κ2) is 6.81. The maximum Gasteiger partial charge on any atom is 0.227 e. The molecular weight excluding hydrogens is 292 g/mol. The molecule has 0 saturated carbocycles. The van der Waals surface area contributed by atoms with Crippen LogP contribution >= 0.6 is 0 Å². The number of nitrogens with zero attached hydrogens (tertiary/aromatic N) is 4. The van der Waals surface area contributed by atoms with Crippen LogP contribution in [0.2, 0.25) is 0 Å². The molecule has 122 valence electrons. The van der Waals surface area contributed by atoms with E-state index in [1.54, 1.807) is 13.4 Å². The summed E-state index contributed by atoms with van der Waals surface area (Å²) in [6, 6.07) is 7.67. The highest BCUT2D eigenvalue weighted by molar-refractivity contribution is 5.79. The van der Waals surface area contributed by atoms with E-state index in [0.717, 1.165) is 43.1 Å². The number of rotatable bonds is 4. The van der Waals surface area contributed by atoms with Gasteiger partial charge in [-0.15, -0.1) is 10.2 Å². The van der Waals surface area contributed by atoms with Crippen molar-refractivity contribution >= 4 is 5.91 Å². The van der Waals surface area contributed by atoms with E-state index in [1.807, 2.05) is 40.8 Å². The molecule has 3 rings (SSSR count). The molecule has 1 aliphatic heterocycles. The lowest BCUT2D eigenvalue weighted by Gasteiger charge is -2.32. The summed E-state index contributed by atoms with van der Waals surface area (Å²) in [6.45, 7) is 1.55. The third kappa shape index (κ3) is 3.52. The van der Waals surface area contributed by atoms with Gasteiger partial charge < -0.3 is 14.2 Å². The number of hydrogen-bond acceptors (Lipinski definition) is 4. The molecule has 0 aliphatic carbocycles. The van der Waals surface area contributed by atoms with Gasteiger partial charge in [-0.05, 0) is 30.5 Å². The van der Waals surface area contributed by atoms with Crippen LogP contribution in [-0.2, 0) is 18.3 Å². The zero-order valence-electron chi connectivity index (χ0n) is 13.6. The fourth-order valence-corrected chi connectivity index (χ4v) is 3.11. The molecule has 2 aromatic rings. The number of ether oxygens (including phenoxy) is 1. The van der Waals surface area contributed by atoms with Crippen molar-refractivity contribution in [3.63, 3.8) is 0 Å². The van der Waals surface area contributed by atoms with E-state index in [1.165, 1.54) is 0 Å². The number of amides is 1. The highest BCUT2D eigenvalue weighted by atomic mass is 16.5. The smallest absolute Gasteiger partial charge is 0.227 e. The standard InChI is InChI=1S/C17H22N4O2/c1-20-12-18-19-17(20)14-4-3-9-21(11-14)16(22)10-13-5-7-15(23-2)8-6-13/h5-8,12,14H,3-4,9-11H2,1-2H3/t14-/m1/s1. The molecule has 0 radical (unpaired) electrons. The SMILES string of the molecule is COc1ccc(CC(=O)N2CCC[C@@H](c3nncn3C)C2)cc1. The molecule has 23 heavy (non-hydrogen) atoms. The second-order valence-electron chi connectivity index (χ2n) is 6.00. The number of methoxy groups -OCH3 is 1. The van der Waals surface area contributed by atoms with Crippen molar-refractivity contribution in [2.24, 2.45) is 7.05 Å². The van der Waals surface area contributed by atoms with Crippen LogP contribution < -0.4 is 4.74 Å². The van der Waals surface area contributed by atoms with Crippen molar-refractivity contribution < 1.29 is 9.53 Å². The van der Waals surface area contributed by atoms with Gasteiger partial charge in [0.1, 0.15) is 17.9 Å².